The maximum Gasteiger partial charge on any atom is 0.244 e. The Bertz CT molecular complexity index is 233. The van der Waals surface area contributed by atoms with Gasteiger partial charge >= 0.3 is 0 Å². The second kappa shape index (κ2) is 5.73. The normalized spacial score (nSPS) is 19.2. The average Bonchev–Trinajstić information content (AvgIpc) is 2.43. The summed E-state index contributed by atoms with van der Waals surface area (Å²) in [6, 6.07) is -0.388. The molecule has 0 radical (unpaired) electrons. The minimum Gasteiger partial charge on any atom is -0.345 e. The molecule has 0 spiro atoms. The van der Waals surface area contributed by atoms with Crippen LogP contribution >= 0.6 is 0 Å². The van der Waals surface area contributed by atoms with E-state index in [9.17, 15) is 9.59 Å². The molecule has 0 aromatic heterocycles. The van der Waals surface area contributed by atoms with Gasteiger partial charge in [0.2, 0.25) is 11.8 Å². The summed E-state index contributed by atoms with van der Waals surface area (Å²) in [5.74, 6) is -0.0993. The van der Waals surface area contributed by atoms with Crippen molar-refractivity contribution in [2.45, 2.75) is 45.6 Å². The van der Waals surface area contributed by atoms with E-state index in [0.717, 1.165) is 25.9 Å². The quantitative estimate of drug-likeness (QED) is 0.739. The molecule has 1 aliphatic rings. The monoisotopic (exact) mass is 212 g/mol. The van der Waals surface area contributed by atoms with Gasteiger partial charge in [-0.25, -0.2) is 0 Å². The molecule has 0 aromatic rings. The molecule has 0 aliphatic carbocycles. The fourth-order valence-electron chi connectivity index (χ4n) is 1.93. The second-order valence-electron chi connectivity index (χ2n) is 4.16. The summed E-state index contributed by atoms with van der Waals surface area (Å²) in [4.78, 5) is 24.6. The second-order valence-corrected chi connectivity index (χ2v) is 4.16. The van der Waals surface area contributed by atoms with E-state index >= 15 is 0 Å². The average molecular weight is 212 g/mol. The Hall–Kier alpha value is -1.06. The van der Waals surface area contributed by atoms with Crippen molar-refractivity contribution in [1.82, 2.24) is 10.2 Å². The van der Waals surface area contributed by atoms with Crippen molar-refractivity contribution in [3.63, 3.8) is 0 Å². The van der Waals surface area contributed by atoms with Gasteiger partial charge in [0.1, 0.15) is 6.04 Å². The van der Waals surface area contributed by atoms with Crippen molar-refractivity contribution < 1.29 is 9.59 Å². The van der Waals surface area contributed by atoms with E-state index in [1.807, 2.05) is 4.90 Å². The van der Waals surface area contributed by atoms with Crippen LogP contribution in [0, 0.1) is 0 Å². The molecule has 1 saturated heterocycles. The molecule has 0 bridgehead atoms. The molecule has 1 unspecified atom stereocenters. The maximum atomic E-state index is 11.9. The van der Waals surface area contributed by atoms with Crippen molar-refractivity contribution in [3.05, 3.63) is 0 Å². The molecule has 1 N–H and O–H groups in total. The molecule has 0 saturated carbocycles. The number of hydrogen-bond acceptors (Lipinski definition) is 2. The van der Waals surface area contributed by atoms with Gasteiger partial charge in [-0.2, -0.15) is 0 Å². The van der Waals surface area contributed by atoms with Gasteiger partial charge in [0.05, 0.1) is 0 Å². The highest BCUT2D eigenvalue weighted by atomic mass is 16.2. The molecule has 1 rings (SSSR count). The van der Waals surface area contributed by atoms with Crippen molar-refractivity contribution >= 4 is 11.8 Å². The third-order valence-corrected chi connectivity index (χ3v) is 2.71. The van der Waals surface area contributed by atoms with Gasteiger partial charge in [-0.05, 0) is 19.8 Å². The van der Waals surface area contributed by atoms with Crippen LogP contribution in [0.3, 0.4) is 0 Å². The Kier molecular flexibility index (Phi) is 4.59. The summed E-state index contributed by atoms with van der Waals surface area (Å²) in [6.07, 6.45) is 4.58. The standard InChI is InChI=1S/C11H20N2O2/c1-9(12-10(2)14)11(15)13-7-5-3-4-6-8-13/h9H,3-8H2,1-2H3,(H,12,14). The summed E-state index contributed by atoms with van der Waals surface area (Å²) >= 11 is 0. The Morgan fingerprint density at radius 1 is 1.13 bits per heavy atom. The van der Waals surface area contributed by atoms with E-state index in [1.54, 1.807) is 6.92 Å². The number of hydrogen-bond donors (Lipinski definition) is 1. The molecule has 1 fully saturated rings. The van der Waals surface area contributed by atoms with Crippen LogP contribution in [0.2, 0.25) is 0 Å². The largest absolute Gasteiger partial charge is 0.345 e. The molecule has 86 valence electrons. The predicted molar refractivity (Wildman–Crippen MR) is 58.3 cm³/mol. The van der Waals surface area contributed by atoms with Gasteiger partial charge in [0.25, 0.3) is 0 Å². The van der Waals surface area contributed by atoms with Gasteiger partial charge in [0.15, 0.2) is 0 Å². The zero-order chi connectivity index (χ0) is 11.3. The first-order valence-electron chi connectivity index (χ1n) is 5.67. The molecular formula is C11H20N2O2. The van der Waals surface area contributed by atoms with Gasteiger partial charge in [-0.3, -0.25) is 9.59 Å². The molecule has 4 heteroatoms. The van der Waals surface area contributed by atoms with Crippen molar-refractivity contribution in [2.75, 3.05) is 13.1 Å². The zero-order valence-electron chi connectivity index (χ0n) is 9.58. The van der Waals surface area contributed by atoms with E-state index in [2.05, 4.69) is 5.32 Å². The van der Waals surface area contributed by atoms with Crippen LogP contribution in [0.1, 0.15) is 39.5 Å². The van der Waals surface area contributed by atoms with Gasteiger partial charge in [-0.15, -0.1) is 0 Å². The van der Waals surface area contributed by atoms with Crippen LogP contribution in [0.5, 0.6) is 0 Å². The highest BCUT2D eigenvalue weighted by Crippen LogP contribution is 2.10. The number of rotatable bonds is 2. The van der Waals surface area contributed by atoms with Gasteiger partial charge < -0.3 is 10.2 Å². The number of nitrogens with one attached hydrogen (secondary N) is 1. The van der Waals surface area contributed by atoms with Crippen molar-refractivity contribution in [1.29, 1.82) is 0 Å². The van der Waals surface area contributed by atoms with E-state index < -0.39 is 0 Å². The van der Waals surface area contributed by atoms with E-state index in [4.69, 9.17) is 0 Å². The third kappa shape index (κ3) is 3.90. The van der Waals surface area contributed by atoms with E-state index in [-0.39, 0.29) is 17.9 Å². The summed E-state index contributed by atoms with van der Waals surface area (Å²) in [5, 5.41) is 2.63. The Labute approximate surface area is 91.0 Å². The first-order chi connectivity index (χ1) is 7.11. The van der Waals surface area contributed by atoms with Crippen LogP contribution < -0.4 is 5.32 Å². The number of likely N-dealkylation sites (tertiary alicyclic amines) is 1. The number of carbonyl (C=O) groups is 2. The summed E-state index contributed by atoms with van der Waals surface area (Å²) in [7, 11) is 0. The lowest BCUT2D eigenvalue weighted by Crippen LogP contribution is -2.46. The predicted octanol–water partition coefficient (Wildman–Crippen LogP) is 0.914. The zero-order valence-corrected chi connectivity index (χ0v) is 9.58. The lowest BCUT2D eigenvalue weighted by atomic mass is 10.2. The minimum absolute atomic E-state index is 0.0482. The molecule has 4 nitrogen and oxygen atoms in total. The van der Waals surface area contributed by atoms with Crippen molar-refractivity contribution in [3.8, 4) is 0 Å². The Morgan fingerprint density at radius 2 is 1.67 bits per heavy atom. The lowest BCUT2D eigenvalue weighted by molar-refractivity contribution is -0.135. The summed E-state index contributed by atoms with van der Waals surface area (Å²) in [5.41, 5.74) is 0. The SMILES string of the molecule is CC(=O)NC(C)C(=O)N1CCCCCC1. The fourth-order valence-corrected chi connectivity index (χ4v) is 1.93. The molecule has 1 aliphatic heterocycles. The maximum absolute atomic E-state index is 11.9. The molecule has 0 aromatic carbocycles. The molecular weight excluding hydrogens is 192 g/mol. The van der Waals surface area contributed by atoms with E-state index in [1.165, 1.54) is 19.8 Å². The van der Waals surface area contributed by atoms with Crippen molar-refractivity contribution in [2.24, 2.45) is 0 Å². The Morgan fingerprint density at radius 3 is 2.13 bits per heavy atom. The number of carbonyl (C=O) groups excluding carboxylic acids is 2. The first-order valence-corrected chi connectivity index (χ1v) is 5.67. The molecule has 1 heterocycles. The summed E-state index contributed by atoms with van der Waals surface area (Å²) < 4.78 is 0. The van der Waals surface area contributed by atoms with Gasteiger partial charge in [-0.1, -0.05) is 12.8 Å². The van der Waals surface area contributed by atoms with Gasteiger partial charge in [0, 0.05) is 20.0 Å². The lowest BCUT2D eigenvalue weighted by Gasteiger charge is -2.24. The third-order valence-electron chi connectivity index (χ3n) is 2.71. The highest BCUT2D eigenvalue weighted by molar-refractivity contribution is 5.86. The topological polar surface area (TPSA) is 49.4 Å². The fraction of sp³-hybridized carbons (Fsp3) is 0.818. The van der Waals surface area contributed by atoms with Crippen LogP contribution in [-0.2, 0) is 9.59 Å². The van der Waals surface area contributed by atoms with Crippen LogP contribution in [-0.4, -0.2) is 35.8 Å². The smallest absolute Gasteiger partial charge is 0.244 e. The first kappa shape index (κ1) is 12.0. The molecule has 15 heavy (non-hydrogen) atoms. The molecule has 2 amide bonds. The molecule has 1 atom stereocenters. The Balaban J connectivity index is 2.46. The van der Waals surface area contributed by atoms with Crippen LogP contribution in [0.15, 0.2) is 0 Å². The number of nitrogens with zero attached hydrogens (tertiary/aromatic N) is 1. The summed E-state index contributed by atoms with van der Waals surface area (Å²) in [6.45, 7) is 4.85. The van der Waals surface area contributed by atoms with E-state index in [0.29, 0.717) is 0 Å². The minimum atomic E-state index is -0.388. The highest BCUT2D eigenvalue weighted by Gasteiger charge is 2.21. The van der Waals surface area contributed by atoms with Crippen LogP contribution in [0.4, 0.5) is 0 Å². The van der Waals surface area contributed by atoms with Crippen LogP contribution in [0.25, 0.3) is 0 Å². The number of amides is 2.